The van der Waals surface area contributed by atoms with Crippen LogP contribution in [0.5, 0.6) is 5.75 Å². The smallest absolute Gasteiger partial charge is 0.341 e. The number of carboxylic acids is 1. The van der Waals surface area contributed by atoms with E-state index in [2.05, 4.69) is 9.97 Å². The average molecular weight is 458 g/mol. The van der Waals surface area contributed by atoms with Crippen molar-refractivity contribution in [3.05, 3.63) is 71.8 Å². The molecule has 2 aromatic heterocycles. The summed E-state index contributed by atoms with van der Waals surface area (Å²) in [5.74, 6) is -1.02. The molecule has 0 aliphatic rings. The summed E-state index contributed by atoms with van der Waals surface area (Å²) in [6.07, 6.45) is 4.51. The Morgan fingerprint density at radius 2 is 1.90 bits per heavy atom. The molecule has 4 aromatic rings. The van der Waals surface area contributed by atoms with Crippen LogP contribution in [0.15, 0.2) is 66.0 Å². The summed E-state index contributed by atoms with van der Waals surface area (Å²) in [5.41, 5.74) is 1.61. The van der Waals surface area contributed by atoms with Crippen molar-refractivity contribution < 1.29 is 22.5 Å². The van der Waals surface area contributed by atoms with E-state index in [0.29, 0.717) is 27.2 Å². The second-order valence-electron chi connectivity index (χ2n) is 6.68. The zero-order valence-electron chi connectivity index (χ0n) is 16.2. The minimum atomic E-state index is -4.33. The van der Waals surface area contributed by atoms with Crippen LogP contribution < -0.4 is 4.18 Å². The molecule has 8 nitrogen and oxygen atoms in total. The lowest BCUT2D eigenvalue weighted by Crippen LogP contribution is -2.13. The normalized spacial score (nSPS) is 11.5. The van der Waals surface area contributed by atoms with E-state index in [9.17, 15) is 18.3 Å². The molecule has 0 bridgehead atoms. The molecule has 0 amide bonds. The van der Waals surface area contributed by atoms with Crippen molar-refractivity contribution in [1.29, 1.82) is 0 Å². The Balaban J connectivity index is 2.00. The Morgan fingerprint density at radius 3 is 2.55 bits per heavy atom. The highest BCUT2D eigenvalue weighted by atomic mass is 35.5. The van der Waals surface area contributed by atoms with Gasteiger partial charge in [0, 0.05) is 34.1 Å². The van der Waals surface area contributed by atoms with E-state index < -0.39 is 22.6 Å². The number of aliphatic carboxylic acids is 1. The predicted octanol–water partition coefficient (Wildman–Crippen LogP) is 3.91. The maximum absolute atomic E-state index is 13.4. The number of aromatic nitrogens is 3. The van der Waals surface area contributed by atoms with Gasteiger partial charge in [-0.2, -0.15) is 8.42 Å². The molecule has 1 N–H and O–H groups in total. The number of rotatable bonds is 6. The Hall–Kier alpha value is -3.43. The average Bonchev–Trinajstić information content (AvgIpc) is 3.02. The lowest BCUT2D eigenvalue weighted by molar-refractivity contribution is -0.137. The van der Waals surface area contributed by atoms with Crippen molar-refractivity contribution in [2.24, 2.45) is 0 Å². The first-order valence-corrected chi connectivity index (χ1v) is 10.9. The summed E-state index contributed by atoms with van der Waals surface area (Å²) < 4.78 is 33.5. The minimum absolute atomic E-state index is 0.0833. The Morgan fingerprint density at radius 1 is 1.16 bits per heavy atom. The van der Waals surface area contributed by atoms with Gasteiger partial charge in [0.1, 0.15) is 17.2 Å². The van der Waals surface area contributed by atoms with Gasteiger partial charge < -0.3 is 13.9 Å². The topological polar surface area (TPSA) is 111 Å². The van der Waals surface area contributed by atoms with Gasteiger partial charge in [-0.3, -0.25) is 14.8 Å². The van der Waals surface area contributed by atoms with Gasteiger partial charge in [-0.1, -0.05) is 23.7 Å². The monoisotopic (exact) mass is 457 g/mol. The number of carbonyl (C=O) groups is 1. The van der Waals surface area contributed by atoms with Crippen LogP contribution in [-0.4, -0.2) is 34.0 Å². The molecule has 0 aliphatic carbocycles. The van der Waals surface area contributed by atoms with E-state index in [1.807, 2.05) is 0 Å². The van der Waals surface area contributed by atoms with E-state index in [-0.39, 0.29) is 16.3 Å². The Kier molecular flexibility index (Phi) is 5.38. The van der Waals surface area contributed by atoms with Crippen molar-refractivity contribution in [2.45, 2.75) is 18.4 Å². The molecule has 10 heteroatoms. The molecule has 0 fully saturated rings. The van der Waals surface area contributed by atoms with Crippen LogP contribution in [0.3, 0.4) is 0 Å². The first-order chi connectivity index (χ1) is 14.8. The predicted molar refractivity (Wildman–Crippen MR) is 115 cm³/mol. The number of carboxylic acid groups (broad SMARTS) is 1. The molecule has 2 heterocycles. The van der Waals surface area contributed by atoms with Crippen molar-refractivity contribution >= 4 is 38.6 Å². The molecule has 31 heavy (non-hydrogen) atoms. The van der Waals surface area contributed by atoms with Gasteiger partial charge in [-0.15, -0.1) is 0 Å². The van der Waals surface area contributed by atoms with Crippen molar-refractivity contribution in [2.75, 3.05) is 0 Å². The molecule has 0 unspecified atom stereocenters. The summed E-state index contributed by atoms with van der Waals surface area (Å²) >= 11 is 5.87. The summed E-state index contributed by atoms with van der Waals surface area (Å²) in [6.45, 7) is 1.13. The SMILES string of the molecule is Cc1c(S(=O)(=O)Oc2ccc(Cl)cc2)c2c(-c3cnccn3)cccc2n1CC(=O)O. The van der Waals surface area contributed by atoms with Gasteiger partial charge >= 0.3 is 16.1 Å². The third kappa shape index (κ3) is 3.97. The maximum Gasteiger partial charge on any atom is 0.341 e. The van der Waals surface area contributed by atoms with Gasteiger partial charge in [-0.25, -0.2) is 0 Å². The Labute approximate surface area is 182 Å². The quantitative estimate of drug-likeness (QED) is 0.437. The highest BCUT2D eigenvalue weighted by Crippen LogP contribution is 2.37. The molecule has 0 spiro atoms. The van der Waals surface area contributed by atoms with Crippen molar-refractivity contribution in [1.82, 2.24) is 14.5 Å². The highest BCUT2D eigenvalue weighted by Gasteiger charge is 2.30. The summed E-state index contributed by atoms with van der Waals surface area (Å²) in [6, 6.07) is 11.0. The molecule has 158 valence electrons. The molecular weight excluding hydrogens is 442 g/mol. The van der Waals surface area contributed by atoms with Gasteiger partial charge in [0.25, 0.3) is 0 Å². The van der Waals surface area contributed by atoms with E-state index >= 15 is 0 Å². The zero-order chi connectivity index (χ0) is 22.2. The fraction of sp³-hybridized carbons (Fsp3) is 0.0952. The third-order valence-corrected chi connectivity index (χ3v) is 6.36. The van der Waals surface area contributed by atoms with Crippen molar-refractivity contribution in [3.63, 3.8) is 0 Å². The number of nitrogens with zero attached hydrogens (tertiary/aromatic N) is 3. The molecule has 0 aliphatic heterocycles. The summed E-state index contributed by atoms with van der Waals surface area (Å²) in [7, 11) is -4.33. The third-order valence-electron chi connectivity index (χ3n) is 4.70. The van der Waals surface area contributed by atoms with Crippen LogP contribution in [0.4, 0.5) is 0 Å². The summed E-state index contributed by atoms with van der Waals surface area (Å²) in [4.78, 5) is 19.7. The number of hydrogen-bond acceptors (Lipinski definition) is 6. The zero-order valence-corrected chi connectivity index (χ0v) is 17.8. The molecule has 0 saturated heterocycles. The lowest BCUT2D eigenvalue weighted by Gasteiger charge is -2.09. The second kappa shape index (κ2) is 8.01. The van der Waals surface area contributed by atoms with E-state index in [0.717, 1.165) is 0 Å². The standard InChI is InChI=1S/C21H16ClN3O5S/c1-13-21(31(28,29)30-15-7-5-14(22)6-8-15)20-16(17-11-23-9-10-24-17)3-2-4-18(20)25(13)12-19(26)27/h2-11H,12H2,1H3,(H,26,27). The molecule has 4 rings (SSSR count). The first kappa shape index (κ1) is 20.8. The molecular formula is C21H16ClN3O5S. The van der Waals surface area contributed by atoms with Crippen LogP contribution in [0, 0.1) is 6.92 Å². The summed E-state index contributed by atoms with van der Waals surface area (Å²) in [5, 5.41) is 10.1. The number of fused-ring (bicyclic) bond motifs is 1. The molecule has 2 aromatic carbocycles. The number of halogens is 1. The largest absolute Gasteiger partial charge is 0.480 e. The minimum Gasteiger partial charge on any atom is -0.480 e. The van der Waals surface area contributed by atoms with Gasteiger partial charge in [0.05, 0.1) is 17.4 Å². The number of benzene rings is 2. The fourth-order valence-electron chi connectivity index (χ4n) is 3.44. The van der Waals surface area contributed by atoms with Crippen LogP contribution in [0.2, 0.25) is 5.02 Å². The van der Waals surface area contributed by atoms with Crippen LogP contribution >= 0.6 is 11.6 Å². The molecule has 0 atom stereocenters. The molecule has 0 radical (unpaired) electrons. The van der Waals surface area contributed by atoms with E-state index in [1.165, 1.54) is 47.4 Å². The van der Waals surface area contributed by atoms with Crippen LogP contribution in [0.25, 0.3) is 22.2 Å². The van der Waals surface area contributed by atoms with Crippen molar-refractivity contribution in [3.8, 4) is 17.0 Å². The van der Waals surface area contributed by atoms with Crippen LogP contribution in [-0.2, 0) is 21.5 Å². The van der Waals surface area contributed by atoms with Gasteiger partial charge in [-0.05, 0) is 37.3 Å². The maximum atomic E-state index is 13.4. The Bertz CT molecular complexity index is 1380. The first-order valence-electron chi connectivity index (χ1n) is 9.08. The van der Waals surface area contributed by atoms with Gasteiger partial charge in [0.2, 0.25) is 0 Å². The van der Waals surface area contributed by atoms with Gasteiger partial charge in [0.15, 0.2) is 0 Å². The van der Waals surface area contributed by atoms with E-state index in [1.54, 1.807) is 25.1 Å². The van der Waals surface area contributed by atoms with E-state index in [4.69, 9.17) is 15.8 Å². The number of hydrogen-bond donors (Lipinski definition) is 1. The second-order valence-corrected chi connectivity index (χ2v) is 8.60. The molecule has 0 saturated carbocycles. The fourth-order valence-corrected chi connectivity index (χ4v) is 4.95. The highest BCUT2D eigenvalue weighted by molar-refractivity contribution is 7.87. The van der Waals surface area contributed by atoms with Crippen LogP contribution in [0.1, 0.15) is 5.69 Å². The lowest BCUT2D eigenvalue weighted by atomic mass is 10.1.